The maximum atomic E-state index is 6.41. The van der Waals surface area contributed by atoms with Crippen molar-refractivity contribution in [2.24, 2.45) is 11.7 Å². The Morgan fingerprint density at radius 1 is 1.19 bits per heavy atom. The molecule has 1 aromatic carbocycles. The highest BCUT2D eigenvalue weighted by Gasteiger charge is 2.26. The molecule has 2 N–H and O–H groups in total. The molecule has 1 saturated carbocycles. The second kappa shape index (κ2) is 7.14. The maximum absolute atomic E-state index is 6.41. The van der Waals surface area contributed by atoms with Crippen LogP contribution in [0.4, 0.5) is 0 Å². The highest BCUT2D eigenvalue weighted by molar-refractivity contribution is 5.43. The number of nitrogens with zero attached hydrogens (tertiary/aromatic N) is 1. The zero-order valence-electron chi connectivity index (χ0n) is 13.6. The van der Waals surface area contributed by atoms with E-state index in [0.717, 1.165) is 29.5 Å². The molecule has 118 valence electrons. The van der Waals surface area contributed by atoms with Crippen molar-refractivity contribution in [3.63, 3.8) is 0 Å². The third-order valence-electron chi connectivity index (χ3n) is 4.19. The number of hydrogen-bond donors (Lipinski definition) is 1. The molecule has 0 radical (unpaired) electrons. The van der Waals surface area contributed by atoms with Crippen molar-refractivity contribution >= 4 is 0 Å². The van der Waals surface area contributed by atoms with Crippen LogP contribution in [0.3, 0.4) is 0 Å². The molecule has 1 atom stereocenters. The minimum atomic E-state index is -0.00837. The lowest BCUT2D eigenvalue weighted by Crippen LogP contribution is -2.38. The summed E-state index contributed by atoms with van der Waals surface area (Å²) in [6.07, 6.45) is 2.74. The van der Waals surface area contributed by atoms with E-state index in [0.29, 0.717) is 6.04 Å². The number of ether oxygens (including phenoxy) is 2. The Balaban J connectivity index is 2.05. The molecule has 0 heterocycles. The average Bonchev–Trinajstić information content (AvgIpc) is 3.29. The Labute approximate surface area is 128 Å². The van der Waals surface area contributed by atoms with E-state index >= 15 is 0 Å². The van der Waals surface area contributed by atoms with Gasteiger partial charge in [-0.3, -0.25) is 4.90 Å². The van der Waals surface area contributed by atoms with Gasteiger partial charge < -0.3 is 15.2 Å². The first-order chi connectivity index (χ1) is 10.0. The fraction of sp³-hybridized carbons (Fsp3) is 0.647. The summed E-state index contributed by atoms with van der Waals surface area (Å²) in [5.41, 5.74) is 7.50. The lowest BCUT2D eigenvalue weighted by Gasteiger charge is -2.29. The molecular formula is C17H28N2O2. The largest absolute Gasteiger partial charge is 0.493 e. The first-order valence-corrected chi connectivity index (χ1v) is 7.76. The second-order valence-electron chi connectivity index (χ2n) is 6.21. The molecule has 1 aliphatic carbocycles. The molecule has 0 saturated heterocycles. The Morgan fingerprint density at radius 2 is 1.86 bits per heavy atom. The quantitative estimate of drug-likeness (QED) is 0.800. The molecule has 0 amide bonds. The lowest BCUT2D eigenvalue weighted by molar-refractivity contribution is 0.200. The summed E-state index contributed by atoms with van der Waals surface area (Å²) in [5, 5.41) is 0. The highest BCUT2D eigenvalue weighted by Crippen LogP contribution is 2.32. The van der Waals surface area contributed by atoms with Gasteiger partial charge in [-0.15, -0.1) is 0 Å². The minimum Gasteiger partial charge on any atom is -0.493 e. The SMILES string of the molecule is COc1ccc(C(N)CN(CC2CC2)C(C)C)cc1OC. The Bertz CT molecular complexity index is 458. The zero-order valence-corrected chi connectivity index (χ0v) is 13.6. The molecule has 0 bridgehead atoms. The Kier molecular flexibility index (Phi) is 5.48. The second-order valence-corrected chi connectivity index (χ2v) is 6.21. The van der Waals surface area contributed by atoms with Gasteiger partial charge in [0.15, 0.2) is 11.5 Å². The molecule has 1 unspecified atom stereocenters. The van der Waals surface area contributed by atoms with Crippen molar-refractivity contribution in [1.82, 2.24) is 4.90 Å². The Hall–Kier alpha value is -1.26. The van der Waals surface area contributed by atoms with Crippen LogP contribution in [0.25, 0.3) is 0 Å². The van der Waals surface area contributed by atoms with Crippen molar-refractivity contribution < 1.29 is 9.47 Å². The van der Waals surface area contributed by atoms with E-state index in [2.05, 4.69) is 18.7 Å². The average molecular weight is 292 g/mol. The summed E-state index contributed by atoms with van der Waals surface area (Å²) in [5.74, 6) is 2.36. The van der Waals surface area contributed by atoms with Crippen molar-refractivity contribution in [3.8, 4) is 11.5 Å². The van der Waals surface area contributed by atoms with Crippen LogP contribution in [-0.4, -0.2) is 38.3 Å². The fourth-order valence-corrected chi connectivity index (χ4v) is 2.57. The van der Waals surface area contributed by atoms with Crippen molar-refractivity contribution in [2.75, 3.05) is 27.3 Å². The third-order valence-corrected chi connectivity index (χ3v) is 4.19. The topological polar surface area (TPSA) is 47.7 Å². The molecule has 0 aromatic heterocycles. The maximum Gasteiger partial charge on any atom is 0.161 e. The van der Waals surface area contributed by atoms with Crippen molar-refractivity contribution in [3.05, 3.63) is 23.8 Å². The van der Waals surface area contributed by atoms with E-state index in [-0.39, 0.29) is 6.04 Å². The Morgan fingerprint density at radius 3 is 2.38 bits per heavy atom. The number of rotatable bonds is 8. The van der Waals surface area contributed by atoms with Gasteiger partial charge >= 0.3 is 0 Å². The molecule has 1 aromatic rings. The van der Waals surface area contributed by atoms with E-state index < -0.39 is 0 Å². The predicted octanol–water partition coefficient (Wildman–Crippen LogP) is 2.82. The van der Waals surface area contributed by atoms with Gasteiger partial charge in [0.05, 0.1) is 14.2 Å². The summed E-state index contributed by atoms with van der Waals surface area (Å²) in [7, 11) is 3.30. The van der Waals surface area contributed by atoms with Crippen LogP contribution in [0, 0.1) is 5.92 Å². The van der Waals surface area contributed by atoms with Gasteiger partial charge in [-0.2, -0.15) is 0 Å². The molecule has 0 aliphatic heterocycles. The normalized spacial score (nSPS) is 16.3. The van der Waals surface area contributed by atoms with Crippen LogP contribution in [0.5, 0.6) is 11.5 Å². The summed E-state index contributed by atoms with van der Waals surface area (Å²) in [6.45, 7) is 6.52. The molecule has 0 spiro atoms. The molecule has 4 nitrogen and oxygen atoms in total. The van der Waals surface area contributed by atoms with Crippen LogP contribution in [0.15, 0.2) is 18.2 Å². The zero-order chi connectivity index (χ0) is 15.4. The first kappa shape index (κ1) is 16.1. The molecule has 2 rings (SSSR count). The van der Waals surface area contributed by atoms with Crippen LogP contribution in [0.1, 0.15) is 38.3 Å². The van der Waals surface area contributed by atoms with Crippen LogP contribution in [0.2, 0.25) is 0 Å². The minimum absolute atomic E-state index is 0.00837. The fourth-order valence-electron chi connectivity index (χ4n) is 2.57. The van der Waals surface area contributed by atoms with E-state index in [1.807, 2.05) is 18.2 Å². The number of nitrogens with two attached hydrogens (primary N) is 1. The molecule has 4 heteroatoms. The van der Waals surface area contributed by atoms with Gasteiger partial charge in [-0.05, 0) is 50.3 Å². The van der Waals surface area contributed by atoms with E-state index in [4.69, 9.17) is 15.2 Å². The van der Waals surface area contributed by atoms with Crippen LogP contribution >= 0.6 is 0 Å². The highest BCUT2D eigenvalue weighted by atomic mass is 16.5. The number of methoxy groups -OCH3 is 2. The molecule has 1 aliphatic rings. The monoisotopic (exact) mass is 292 g/mol. The third kappa shape index (κ3) is 4.35. The van der Waals surface area contributed by atoms with E-state index in [9.17, 15) is 0 Å². The summed E-state index contributed by atoms with van der Waals surface area (Å²) < 4.78 is 10.6. The van der Waals surface area contributed by atoms with Crippen molar-refractivity contribution in [2.45, 2.75) is 38.8 Å². The van der Waals surface area contributed by atoms with Gasteiger partial charge in [0.1, 0.15) is 0 Å². The summed E-state index contributed by atoms with van der Waals surface area (Å²) in [4.78, 5) is 2.49. The standard InChI is InChI=1S/C17H28N2O2/c1-12(2)19(10-13-5-6-13)11-15(18)14-7-8-16(20-3)17(9-14)21-4/h7-9,12-13,15H,5-6,10-11,18H2,1-4H3. The van der Waals surface area contributed by atoms with Gasteiger partial charge in [0.2, 0.25) is 0 Å². The first-order valence-electron chi connectivity index (χ1n) is 7.76. The van der Waals surface area contributed by atoms with Crippen LogP contribution < -0.4 is 15.2 Å². The summed E-state index contributed by atoms with van der Waals surface area (Å²) in [6, 6.07) is 6.46. The van der Waals surface area contributed by atoms with Crippen molar-refractivity contribution in [1.29, 1.82) is 0 Å². The van der Waals surface area contributed by atoms with E-state index in [1.54, 1.807) is 14.2 Å². The van der Waals surface area contributed by atoms with Crippen LogP contribution in [-0.2, 0) is 0 Å². The molecular weight excluding hydrogens is 264 g/mol. The van der Waals surface area contributed by atoms with Gasteiger partial charge in [-0.1, -0.05) is 6.07 Å². The van der Waals surface area contributed by atoms with Gasteiger partial charge in [-0.25, -0.2) is 0 Å². The predicted molar refractivity (Wildman–Crippen MR) is 85.9 cm³/mol. The van der Waals surface area contributed by atoms with Gasteiger partial charge in [0, 0.05) is 25.2 Å². The number of hydrogen-bond acceptors (Lipinski definition) is 4. The molecule has 21 heavy (non-hydrogen) atoms. The number of benzene rings is 1. The van der Waals surface area contributed by atoms with E-state index in [1.165, 1.54) is 19.4 Å². The lowest BCUT2D eigenvalue weighted by atomic mass is 10.1. The van der Waals surface area contributed by atoms with Gasteiger partial charge in [0.25, 0.3) is 0 Å². The molecule has 1 fully saturated rings. The summed E-state index contributed by atoms with van der Waals surface area (Å²) >= 11 is 0. The smallest absolute Gasteiger partial charge is 0.161 e.